The first kappa shape index (κ1) is 25.2. The number of nitrogens with zero attached hydrogens (tertiary/aromatic N) is 2. The van der Waals surface area contributed by atoms with Crippen molar-refractivity contribution in [1.29, 1.82) is 0 Å². The van der Waals surface area contributed by atoms with Crippen LogP contribution in [0.25, 0.3) is 0 Å². The lowest BCUT2D eigenvalue weighted by molar-refractivity contribution is -0.117. The Kier molecular flexibility index (Phi) is 6.69. The number of anilines is 1. The molecule has 37 heavy (non-hydrogen) atoms. The molecule has 9 nitrogen and oxygen atoms in total. The van der Waals surface area contributed by atoms with Crippen LogP contribution in [0.2, 0.25) is 0 Å². The van der Waals surface area contributed by atoms with E-state index in [-0.39, 0.29) is 23.2 Å². The number of aryl methyl sites for hydroxylation is 1. The van der Waals surface area contributed by atoms with E-state index in [4.69, 9.17) is 0 Å². The highest BCUT2D eigenvalue weighted by molar-refractivity contribution is 7.92. The Morgan fingerprint density at radius 2 is 1.62 bits per heavy atom. The van der Waals surface area contributed by atoms with Crippen LogP contribution in [-0.2, 0) is 50.2 Å². The molecule has 0 radical (unpaired) electrons. The zero-order valence-electron chi connectivity index (χ0n) is 19.9. The zero-order valence-corrected chi connectivity index (χ0v) is 21.6. The molecule has 1 fully saturated rings. The number of phenols is 1. The van der Waals surface area contributed by atoms with Gasteiger partial charge in [-0.1, -0.05) is 60.7 Å². The average Bonchev–Trinajstić information content (AvgIpc) is 3.14. The number of hydrogen-bond donors (Lipinski definition) is 2. The Bertz CT molecular complexity index is 1540. The smallest absolute Gasteiger partial charge is 0.326 e. The van der Waals surface area contributed by atoms with E-state index < -0.39 is 32.7 Å². The van der Waals surface area contributed by atoms with Crippen molar-refractivity contribution < 1.29 is 26.7 Å². The molecule has 194 valence electrons. The first-order valence-electron chi connectivity index (χ1n) is 11.9. The van der Waals surface area contributed by atoms with Gasteiger partial charge in [-0.3, -0.25) is 4.79 Å². The molecule has 11 heteroatoms. The van der Waals surface area contributed by atoms with Crippen molar-refractivity contribution in [2.45, 2.75) is 37.6 Å². The summed E-state index contributed by atoms with van der Waals surface area (Å²) in [7, 11) is -7.64. The van der Waals surface area contributed by atoms with Crippen LogP contribution in [0.3, 0.4) is 0 Å². The largest absolute Gasteiger partial charge is 0.506 e. The molecule has 2 aliphatic rings. The van der Waals surface area contributed by atoms with E-state index in [1.807, 2.05) is 47.2 Å². The van der Waals surface area contributed by atoms with Gasteiger partial charge in [-0.2, -0.15) is 12.7 Å². The molecule has 5 rings (SSSR count). The van der Waals surface area contributed by atoms with E-state index in [0.717, 1.165) is 26.6 Å². The van der Waals surface area contributed by atoms with Gasteiger partial charge in [0.1, 0.15) is 12.3 Å². The summed E-state index contributed by atoms with van der Waals surface area (Å²) in [6.45, 7) is -0.0982. The Balaban J connectivity index is 1.36. The Morgan fingerprint density at radius 3 is 2.30 bits per heavy atom. The lowest BCUT2D eigenvalue weighted by atomic mass is 9.92. The fourth-order valence-corrected chi connectivity index (χ4v) is 7.85. The van der Waals surface area contributed by atoms with Gasteiger partial charge in [0, 0.05) is 12.6 Å². The quantitative estimate of drug-likeness (QED) is 0.474. The predicted molar refractivity (Wildman–Crippen MR) is 139 cm³/mol. The summed E-state index contributed by atoms with van der Waals surface area (Å²) in [6, 6.07) is 21.3. The number of aromatic hydroxyl groups is 1. The van der Waals surface area contributed by atoms with Crippen LogP contribution in [0, 0.1) is 0 Å². The summed E-state index contributed by atoms with van der Waals surface area (Å²) in [4.78, 5) is 11.5. The van der Waals surface area contributed by atoms with Gasteiger partial charge >= 0.3 is 10.2 Å². The Hall–Kier alpha value is -3.41. The molecule has 0 aromatic heterocycles. The third kappa shape index (κ3) is 5.34. The Morgan fingerprint density at radius 1 is 0.919 bits per heavy atom. The second-order valence-electron chi connectivity index (χ2n) is 9.31. The predicted octanol–water partition coefficient (Wildman–Crippen LogP) is 2.46. The number of rotatable bonds is 7. The topological polar surface area (TPSA) is 124 Å². The van der Waals surface area contributed by atoms with Gasteiger partial charge in [-0.25, -0.2) is 17.4 Å². The molecule has 0 aliphatic carbocycles. The summed E-state index contributed by atoms with van der Waals surface area (Å²) in [6.07, 6.45) is 1.57. The highest BCUT2D eigenvalue weighted by Crippen LogP contribution is 2.33. The lowest BCUT2D eigenvalue weighted by Gasteiger charge is -2.36. The van der Waals surface area contributed by atoms with Crippen LogP contribution in [0.1, 0.15) is 28.7 Å². The first-order chi connectivity index (χ1) is 17.6. The molecule has 1 atom stereocenters. The molecule has 1 unspecified atom stereocenters. The lowest BCUT2D eigenvalue weighted by Crippen LogP contribution is -2.45. The van der Waals surface area contributed by atoms with Gasteiger partial charge in [0.25, 0.3) is 5.91 Å². The van der Waals surface area contributed by atoms with E-state index in [0.29, 0.717) is 25.8 Å². The molecule has 1 amide bonds. The van der Waals surface area contributed by atoms with Gasteiger partial charge in [-0.15, -0.1) is 0 Å². The van der Waals surface area contributed by atoms with E-state index >= 15 is 0 Å². The van der Waals surface area contributed by atoms with Crippen molar-refractivity contribution in [3.8, 4) is 5.75 Å². The molecular formula is C26H27N3O6S2. The Labute approximate surface area is 216 Å². The van der Waals surface area contributed by atoms with Gasteiger partial charge in [0.05, 0.1) is 11.4 Å². The molecule has 3 aromatic carbocycles. The summed E-state index contributed by atoms with van der Waals surface area (Å²) in [5.41, 5.74) is 3.59. The molecule has 2 N–H and O–H groups in total. The van der Waals surface area contributed by atoms with Gasteiger partial charge in [0.2, 0.25) is 10.0 Å². The van der Waals surface area contributed by atoms with Crippen molar-refractivity contribution in [2.24, 2.45) is 0 Å². The minimum Gasteiger partial charge on any atom is -0.506 e. The summed E-state index contributed by atoms with van der Waals surface area (Å²) < 4.78 is 55.6. The minimum atomic E-state index is -4.03. The van der Waals surface area contributed by atoms with Crippen LogP contribution >= 0.6 is 0 Å². The maximum absolute atomic E-state index is 13.5. The second kappa shape index (κ2) is 9.81. The van der Waals surface area contributed by atoms with Crippen LogP contribution < -0.4 is 9.03 Å². The summed E-state index contributed by atoms with van der Waals surface area (Å²) in [5, 5.41) is 10.5. The fraction of sp³-hybridized carbons (Fsp3) is 0.269. The van der Waals surface area contributed by atoms with Crippen molar-refractivity contribution in [1.82, 2.24) is 9.03 Å². The highest BCUT2D eigenvalue weighted by atomic mass is 32.2. The van der Waals surface area contributed by atoms with Gasteiger partial charge < -0.3 is 5.11 Å². The number of sulfonamides is 1. The normalized spacial score (nSPS) is 19.4. The number of nitrogens with one attached hydrogen (secondary N) is 1. The van der Waals surface area contributed by atoms with Gasteiger partial charge in [0.15, 0.2) is 0 Å². The van der Waals surface area contributed by atoms with Crippen LogP contribution in [0.4, 0.5) is 5.69 Å². The second-order valence-corrected chi connectivity index (χ2v) is 12.8. The van der Waals surface area contributed by atoms with Crippen molar-refractivity contribution in [3.05, 3.63) is 95.1 Å². The van der Waals surface area contributed by atoms with Crippen molar-refractivity contribution in [3.63, 3.8) is 0 Å². The van der Waals surface area contributed by atoms with E-state index in [1.54, 1.807) is 22.5 Å². The van der Waals surface area contributed by atoms with Crippen LogP contribution in [0.15, 0.2) is 72.8 Å². The average molecular weight is 542 g/mol. The third-order valence-electron chi connectivity index (χ3n) is 6.75. The first-order valence-corrected chi connectivity index (χ1v) is 14.9. The molecule has 0 spiro atoms. The van der Waals surface area contributed by atoms with E-state index in [1.165, 1.54) is 12.1 Å². The fourth-order valence-electron chi connectivity index (χ4n) is 4.93. The van der Waals surface area contributed by atoms with Crippen LogP contribution in [-0.4, -0.2) is 44.7 Å². The molecule has 0 saturated carbocycles. The zero-order chi connectivity index (χ0) is 26.2. The number of benzene rings is 3. The number of amides is 1. The van der Waals surface area contributed by atoms with E-state index in [2.05, 4.69) is 0 Å². The molecule has 2 aliphatic heterocycles. The number of hydrogen-bond acceptors (Lipinski definition) is 6. The SMILES string of the molecule is O=C1CN(c2ccc(CCC3Cc4ccccc4CN3S(=O)(=O)Cc3ccccc3)cc2O)S(=O)(=O)N1. The maximum atomic E-state index is 13.5. The standard InChI is InChI=1S/C26H27N3O6S2/c30-25-14-19(11-13-24(25)29-17-26(31)27-37(29,34)35)10-12-23-15-21-8-4-5-9-22(21)16-28(23)36(32,33)18-20-6-2-1-3-7-20/h1-9,11,13-14,23,30H,10,12,15-18H2,(H,27,31). The van der Waals surface area contributed by atoms with Gasteiger partial charge in [-0.05, 0) is 53.6 Å². The maximum Gasteiger partial charge on any atom is 0.326 e. The summed E-state index contributed by atoms with van der Waals surface area (Å²) >= 11 is 0. The van der Waals surface area contributed by atoms with Crippen LogP contribution in [0.5, 0.6) is 5.75 Å². The van der Waals surface area contributed by atoms with Crippen molar-refractivity contribution >= 4 is 31.8 Å². The molecular weight excluding hydrogens is 514 g/mol. The number of carbonyl (C=O) groups is 1. The molecule has 1 saturated heterocycles. The molecule has 0 bridgehead atoms. The number of fused-ring (bicyclic) bond motifs is 1. The minimum absolute atomic E-state index is 0.0146. The monoisotopic (exact) mass is 541 g/mol. The summed E-state index contributed by atoms with van der Waals surface area (Å²) in [5.74, 6) is -1.02. The molecule has 3 aromatic rings. The third-order valence-corrected chi connectivity index (χ3v) is 9.98. The van der Waals surface area contributed by atoms with E-state index in [9.17, 15) is 26.7 Å². The molecule has 2 heterocycles. The van der Waals surface area contributed by atoms with Crippen molar-refractivity contribution in [2.75, 3.05) is 10.8 Å². The highest BCUT2D eigenvalue weighted by Gasteiger charge is 2.36. The number of phenolic OH excluding ortho intramolecular Hbond substituents is 1. The number of carbonyl (C=O) groups excluding carboxylic acids is 1.